The van der Waals surface area contributed by atoms with Crippen LogP contribution in [0.15, 0.2) is 0 Å². The minimum Gasteiger partial charge on any atom is -0.316 e. The van der Waals surface area contributed by atoms with E-state index in [1.807, 2.05) is 0 Å². The van der Waals surface area contributed by atoms with E-state index in [1.165, 1.54) is 51.6 Å². The van der Waals surface area contributed by atoms with Crippen molar-refractivity contribution in [3.05, 3.63) is 0 Å². The van der Waals surface area contributed by atoms with E-state index in [4.69, 9.17) is 0 Å². The minimum absolute atomic E-state index is 0.763. The third kappa shape index (κ3) is 5.71. The van der Waals surface area contributed by atoms with Crippen molar-refractivity contribution in [2.75, 3.05) is 19.6 Å². The molecule has 0 aliphatic heterocycles. The van der Waals surface area contributed by atoms with E-state index < -0.39 is 0 Å². The Balaban J connectivity index is 2.15. The second kappa shape index (κ2) is 8.92. The van der Waals surface area contributed by atoms with Gasteiger partial charge in [-0.2, -0.15) is 0 Å². The maximum atomic E-state index is 3.55. The molecule has 0 spiro atoms. The van der Waals surface area contributed by atoms with E-state index in [2.05, 4.69) is 37.9 Å². The van der Waals surface area contributed by atoms with Crippen LogP contribution in [0, 0.1) is 5.92 Å². The van der Waals surface area contributed by atoms with Gasteiger partial charge in [-0.25, -0.2) is 0 Å². The van der Waals surface area contributed by atoms with Gasteiger partial charge in [0.05, 0.1) is 0 Å². The van der Waals surface area contributed by atoms with Crippen molar-refractivity contribution in [1.82, 2.24) is 10.2 Å². The van der Waals surface area contributed by atoms with Crippen molar-refractivity contribution in [2.24, 2.45) is 5.92 Å². The quantitative estimate of drug-likeness (QED) is 0.632. The van der Waals surface area contributed by atoms with Crippen molar-refractivity contribution < 1.29 is 0 Å². The molecule has 1 aliphatic carbocycles. The second-order valence-corrected chi connectivity index (χ2v) is 6.36. The molecule has 18 heavy (non-hydrogen) atoms. The summed E-state index contributed by atoms with van der Waals surface area (Å²) in [5.41, 5.74) is 0. The van der Waals surface area contributed by atoms with Crippen LogP contribution in [0.25, 0.3) is 0 Å². The SMILES string of the molecule is CCN(C(C)CCCNCC(C)C)C1CCCC1. The average Bonchev–Trinajstić information content (AvgIpc) is 2.83. The first-order chi connectivity index (χ1) is 8.65. The van der Waals surface area contributed by atoms with Crippen molar-refractivity contribution in [3.63, 3.8) is 0 Å². The van der Waals surface area contributed by atoms with Crippen molar-refractivity contribution >= 4 is 0 Å². The highest BCUT2D eigenvalue weighted by Crippen LogP contribution is 2.25. The summed E-state index contributed by atoms with van der Waals surface area (Å²) in [7, 11) is 0. The van der Waals surface area contributed by atoms with Gasteiger partial charge in [-0.15, -0.1) is 0 Å². The summed E-state index contributed by atoms with van der Waals surface area (Å²) in [5.74, 6) is 0.771. The fourth-order valence-corrected chi connectivity index (χ4v) is 3.24. The number of rotatable bonds is 9. The van der Waals surface area contributed by atoms with E-state index in [-0.39, 0.29) is 0 Å². The predicted octanol–water partition coefficient (Wildman–Crippen LogP) is 3.67. The number of nitrogens with one attached hydrogen (secondary N) is 1. The van der Waals surface area contributed by atoms with Crippen LogP contribution in [0.5, 0.6) is 0 Å². The molecule has 1 rings (SSSR count). The minimum atomic E-state index is 0.763. The molecule has 1 unspecified atom stereocenters. The van der Waals surface area contributed by atoms with E-state index in [1.54, 1.807) is 0 Å². The van der Waals surface area contributed by atoms with Crippen LogP contribution >= 0.6 is 0 Å². The first kappa shape index (κ1) is 16.0. The van der Waals surface area contributed by atoms with Crippen LogP contribution in [0.3, 0.4) is 0 Å². The first-order valence-electron chi connectivity index (χ1n) is 8.11. The summed E-state index contributed by atoms with van der Waals surface area (Å²) < 4.78 is 0. The normalized spacial score (nSPS) is 19.0. The lowest BCUT2D eigenvalue weighted by molar-refractivity contribution is 0.145. The molecular weight excluding hydrogens is 220 g/mol. The lowest BCUT2D eigenvalue weighted by Crippen LogP contribution is -2.40. The topological polar surface area (TPSA) is 15.3 Å². The van der Waals surface area contributed by atoms with Crippen LogP contribution in [0.1, 0.15) is 66.2 Å². The Morgan fingerprint density at radius 3 is 2.39 bits per heavy atom. The standard InChI is InChI=1S/C16H34N2/c1-5-18(16-10-6-7-11-16)15(4)9-8-12-17-13-14(2)3/h14-17H,5-13H2,1-4H3. The Kier molecular flexibility index (Phi) is 7.92. The van der Waals surface area contributed by atoms with Gasteiger partial charge in [0.2, 0.25) is 0 Å². The van der Waals surface area contributed by atoms with Crippen LogP contribution in [-0.4, -0.2) is 36.6 Å². The molecule has 0 amide bonds. The van der Waals surface area contributed by atoms with Crippen LogP contribution < -0.4 is 5.32 Å². The fraction of sp³-hybridized carbons (Fsp3) is 1.00. The Morgan fingerprint density at radius 2 is 1.83 bits per heavy atom. The molecule has 0 aromatic carbocycles. The highest BCUT2D eigenvalue weighted by molar-refractivity contribution is 4.80. The molecule has 0 heterocycles. The van der Waals surface area contributed by atoms with Crippen LogP contribution in [0.2, 0.25) is 0 Å². The largest absolute Gasteiger partial charge is 0.316 e. The van der Waals surface area contributed by atoms with Crippen molar-refractivity contribution in [2.45, 2.75) is 78.3 Å². The molecule has 1 aliphatic rings. The fourth-order valence-electron chi connectivity index (χ4n) is 3.24. The van der Waals surface area contributed by atoms with Gasteiger partial charge >= 0.3 is 0 Å². The molecule has 0 bridgehead atoms. The summed E-state index contributed by atoms with van der Waals surface area (Å²) in [4.78, 5) is 2.75. The van der Waals surface area contributed by atoms with Gasteiger partial charge in [0.15, 0.2) is 0 Å². The Morgan fingerprint density at radius 1 is 1.17 bits per heavy atom. The molecular formula is C16H34N2. The van der Waals surface area contributed by atoms with E-state index in [0.717, 1.165) is 24.5 Å². The van der Waals surface area contributed by atoms with Gasteiger partial charge in [-0.1, -0.05) is 33.6 Å². The monoisotopic (exact) mass is 254 g/mol. The van der Waals surface area contributed by atoms with Gasteiger partial charge in [0, 0.05) is 12.1 Å². The molecule has 0 saturated heterocycles. The van der Waals surface area contributed by atoms with Crippen molar-refractivity contribution in [3.8, 4) is 0 Å². The summed E-state index contributed by atoms with van der Waals surface area (Å²) in [6.45, 7) is 12.9. The molecule has 0 aromatic rings. The Bertz CT molecular complexity index is 197. The van der Waals surface area contributed by atoms with Gasteiger partial charge in [0.1, 0.15) is 0 Å². The smallest absolute Gasteiger partial charge is 0.00979 e. The number of nitrogens with zero attached hydrogens (tertiary/aromatic N) is 1. The molecule has 2 nitrogen and oxygen atoms in total. The van der Waals surface area contributed by atoms with E-state index in [0.29, 0.717) is 0 Å². The summed E-state index contributed by atoms with van der Waals surface area (Å²) in [5, 5.41) is 3.55. The molecule has 0 aromatic heterocycles. The third-order valence-corrected chi connectivity index (χ3v) is 4.25. The van der Waals surface area contributed by atoms with Gasteiger partial charge in [-0.3, -0.25) is 4.90 Å². The summed E-state index contributed by atoms with van der Waals surface area (Å²) in [6, 6.07) is 1.65. The molecule has 1 atom stereocenters. The van der Waals surface area contributed by atoms with Crippen LogP contribution in [0.4, 0.5) is 0 Å². The third-order valence-electron chi connectivity index (χ3n) is 4.25. The zero-order valence-electron chi connectivity index (χ0n) is 13.0. The van der Waals surface area contributed by atoms with Crippen LogP contribution in [-0.2, 0) is 0 Å². The maximum Gasteiger partial charge on any atom is 0.00979 e. The summed E-state index contributed by atoms with van der Waals surface area (Å²) >= 11 is 0. The molecule has 0 radical (unpaired) electrons. The Labute approximate surface area is 115 Å². The zero-order chi connectivity index (χ0) is 13.4. The molecule has 1 saturated carbocycles. The molecule has 1 N–H and O–H groups in total. The van der Waals surface area contributed by atoms with E-state index >= 15 is 0 Å². The average molecular weight is 254 g/mol. The lowest BCUT2D eigenvalue weighted by atomic mass is 10.1. The predicted molar refractivity (Wildman–Crippen MR) is 81.0 cm³/mol. The molecule has 2 heteroatoms. The zero-order valence-corrected chi connectivity index (χ0v) is 13.0. The number of hydrogen-bond donors (Lipinski definition) is 1. The molecule has 108 valence electrons. The Hall–Kier alpha value is -0.0800. The second-order valence-electron chi connectivity index (χ2n) is 6.36. The highest BCUT2D eigenvalue weighted by Gasteiger charge is 2.24. The maximum absolute atomic E-state index is 3.55. The van der Waals surface area contributed by atoms with Gasteiger partial charge < -0.3 is 5.32 Å². The van der Waals surface area contributed by atoms with Gasteiger partial charge in [0.25, 0.3) is 0 Å². The lowest BCUT2D eigenvalue weighted by Gasteiger charge is -2.33. The molecule has 1 fully saturated rings. The summed E-state index contributed by atoms with van der Waals surface area (Å²) in [6.07, 6.45) is 8.42. The first-order valence-corrected chi connectivity index (χ1v) is 8.11. The van der Waals surface area contributed by atoms with Crippen molar-refractivity contribution in [1.29, 1.82) is 0 Å². The van der Waals surface area contributed by atoms with Gasteiger partial charge in [-0.05, 0) is 58.2 Å². The highest BCUT2D eigenvalue weighted by atomic mass is 15.2. The number of hydrogen-bond acceptors (Lipinski definition) is 2. The van der Waals surface area contributed by atoms with E-state index in [9.17, 15) is 0 Å².